The maximum Gasteiger partial charge on any atom is 0.417 e. The molecule has 0 radical (unpaired) electrons. The summed E-state index contributed by atoms with van der Waals surface area (Å²) >= 11 is 0. The highest BCUT2D eigenvalue weighted by atomic mass is 19.4. The molecule has 0 amide bonds. The molecule has 5 nitrogen and oxygen atoms in total. The van der Waals surface area contributed by atoms with E-state index in [1.165, 1.54) is 0 Å². The van der Waals surface area contributed by atoms with Crippen molar-refractivity contribution in [2.75, 3.05) is 11.5 Å². The summed E-state index contributed by atoms with van der Waals surface area (Å²) in [5.74, 6) is -0.199. The first-order valence-electron chi connectivity index (χ1n) is 6.50. The predicted octanol–water partition coefficient (Wildman–Crippen LogP) is 2.86. The van der Waals surface area contributed by atoms with Crippen LogP contribution in [-0.2, 0) is 25.2 Å². The second-order valence-corrected chi connectivity index (χ2v) is 4.88. The predicted molar refractivity (Wildman–Crippen MR) is 72.5 cm³/mol. The van der Waals surface area contributed by atoms with Gasteiger partial charge in [-0.15, -0.1) is 10.2 Å². The zero-order valence-electron chi connectivity index (χ0n) is 11.9. The fraction of sp³-hybridized carbons (Fsp3) is 0.308. The van der Waals surface area contributed by atoms with Gasteiger partial charge in [-0.25, -0.2) is 0 Å². The number of aromatic nitrogens is 3. The lowest BCUT2D eigenvalue weighted by Gasteiger charge is -2.16. The van der Waals surface area contributed by atoms with Gasteiger partial charge in [0.2, 0.25) is 5.95 Å². The van der Waals surface area contributed by atoms with Crippen molar-refractivity contribution in [2.45, 2.75) is 25.2 Å². The van der Waals surface area contributed by atoms with Crippen molar-refractivity contribution in [1.29, 1.82) is 0 Å². The molecular formula is C13H11F6N5. The topological polar surface area (TPSA) is 90.7 Å². The first-order chi connectivity index (χ1) is 11.0. The number of aryl methyl sites for hydroxylation is 2. The third kappa shape index (κ3) is 4.03. The Morgan fingerprint density at radius 3 is 2.00 bits per heavy atom. The lowest BCUT2D eigenvalue weighted by Crippen LogP contribution is -2.17. The summed E-state index contributed by atoms with van der Waals surface area (Å²) in [7, 11) is 0. The zero-order chi connectivity index (χ0) is 18.1. The highest BCUT2D eigenvalue weighted by Crippen LogP contribution is 2.40. The molecule has 0 aliphatic carbocycles. The number of hydrogen-bond acceptors (Lipinski definition) is 5. The summed E-state index contributed by atoms with van der Waals surface area (Å²) < 4.78 is 76.7. The van der Waals surface area contributed by atoms with Crippen molar-refractivity contribution in [2.24, 2.45) is 0 Å². The number of nitrogens with zero attached hydrogens (tertiary/aromatic N) is 3. The summed E-state index contributed by atoms with van der Waals surface area (Å²) in [5.41, 5.74) is 7.59. The van der Waals surface area contributed by atoms with Crippen molar-refractivity contribution in [3.05, 3.63) is 40.6 Å². The van der Waals surface area contributed by atoms with E-state index in [1.807, 2.05) is 0 Å². The third-order valence-corrected chi connectivity index (χ3v) is 3.15. The van der Waals surface area contributed by atoms with Gasteiger partial charge >= 0.3 is 12.4 Å². The molecule has 2 aromatic rings. The maximum atomic E-state index is 12.9. The van der Waals surface area contributed by atoms with Crippen molar-refractivity contribution < 1.29 is 26.3 Å². The van der Waals surface area contributed by atoms with E-state index in [-0.39, 0.29) is 35.9 Å². The van der Waals surface area contributed by atoms with Crippen LogP contribution in [-0.4, -0.2) is 15.2 Å². The van der Waals surface area contributed by atoms with Gasteiger partial charge in [-0.2, -0.15) is 31.3 Å². The Morgan fingerprint density at radius 1 is 0.833 bits per heavy atom. The largest absolute Gasteiger partial charge is 0.417 e. The minimum absolute atomic E-state index is 0.0221. The number of rotatable bonds is 3. The molecule has 0 atom stereocenters. The van der Waals surface area contributed by atoms with Gasteiger partial charge in [0.05, 0.1) is 11.1 Å². The van der Waals surface area contributed by atoms with Crippen LogP contribution >= 0.6 is 0 Å². The van der Waals surface area contributed by atoms with E-state index in [0.717, 1.165) is 6.07 Å². The van der Waals surface area contributed by atoms with E-state index in [4.69, 9.17) is 11.5 Å². The first kappa shape index (κ1) is 17.8. The first-order valence-corrected chi connectivity index (χ1v) is 6.50. The molecule has 4 N–H and O–H groups in total. The van der Waals surface area contributed by atoms with Gasteiger partial charge < -0.3 is 11.5 Å². The molecule has 0 spiro atoms. The second-order valence-electron chi connectivity index (χ2n) is 4.88. The Bertz CT molecular complexity index is 741. The standard InChI is InChI=1S/C13H11F6N5/c14-12(15,16)7-3-1-6(5-8(7)13(17,18)19)2-4-9-10(20)22-11(21)24-23-9/h1,3,5H,2,4H2,(H4,20,21,22,24). The molecule has 11 heteroatoms. The van der Waals surface area contributed by atoms with Gasteiger partial charge in [-0.3, -0.25) is 0 Å². The summed E-state index contributed by atoms with van der Waals surface area (Å²) in [4.78, 5) is 3.64. The number of nitrogens with two attached hydrogens (primary N) is 2. The van der Waals surface area contributed by atoms with E-state index >= 15 is 0 Å². The van der Waals surface area contributed by atoms with Crippen molar-refractivity contribution in [3.63, 3.8) is 0 Å². The van der Waals surface area contributed by atoms with Crippen LogP contribution in [0, 0.1) is 0 Å². The van der Waals surface area contributed by atoms with Gasteiger partial charge in [-0.1, -0.05) is 6.07 Å². The molecule has 0 saturated carbocycles. The summed E-state index contributed by atoms with van der Waals surface area (Å²) in [6.45, 7) is 0. The van der Waals surface area contributed by atoms with E-state index in [1.54, 1.807) is 0 Å². The number of nitrogen functional groups attached to an aromatic ring is 2. The van der Waals surface area contributed by atoms with Crippen LogP contribution in [0.1, 0.15) is 22.4 Å². The van der Waals surface area contributed by atoms with Crippen LogP contribution in [0.25, 0.3) is 0 Å². The minimum Gasteiger partial charge on any atom is -0.382 e. The molecular weight excluding hydrogens is 340 g/mol. The lowest BCUT2D eigenvalue weighted by molar-refractivity contribution is -0.162. The van der Waals surface area contributed by atoms with Gasteiger partial charge in [-0.05, 0) is 30.5 Å². The minimum atomic E-state index is -5.12. The molecule has 2 rings (SSSR count). The number of alkyl halides is 6. The molecule has 1 aromatic carbocycles. The fourth-order valence-corrected chi connectivity index (χ4v) is 2.04. The van der Waals surface area contributed by atoms with E-state index in [2.05, 4.69) is 15.2 Å². The molecule has 0 aliphatic rings. The third-order valence-electron chi connectivity index (χ3n) is 3.15. The molecule has 24 heavy (non-hydrogen) atoms. The highest BCUT2D eigenvalue weighted by molar-refractivity contribution is 5.39. The Labute approximate surface area is 131 Å². The van der Waals surface area contributed by atoms with E-state index in [0.29, 0.717) is 12.1 Å². The number of anilines is 2. The maximum absolute atomic E-state index is 12.9. The van der Waals surface area contributed by atoms with Gasteiger partial charge in [0.15, 0.2) is 5.82 Å². The SMILES string of the molecule is Nc1nnc(CCc2ccc(C(F)(F)F)c(C(F)(F)F)c2)c(N)n1. The molecule has 0 aliphatic heterocycles. The molecule has 1 aromatic heterocycles. The Hall–Kier alpha value is -2.59. The quantitative estimate of drug-likeness (QED) is 0.830. The smallest absolute Gasteiger partial charge is 0.382 e. The molecule has 0 saturated heterocycles. The van der Waals surface area contributed by atoms with Crippen molar-refractivity contribution in [1.82, 2.24) is 15.2 Å². The second kappa shape index (κ2) is 6.13. The Balaban J connectivity index is 2.29. The molecule has 0 bridgehead atoms. The van der Waals surface area contributed by atoms with Crippen LogP contribution in [0.5, 0.6) is 0 Å². The molecule has 1 heterocycles. The summed E-state index contributed by atoms with van der Waals surface area (Å²) in [6.07, 6.45) is -10.2. The average Bonchev–Trinajstić information content (AvgIpc) is 2.44. The van der Waals surface area contributed by atoms with Crippen molar-refractivity contribution >= 4 is 11.8 Å². The van der Waals surface area contributed by atoms with Crippen LogP contribution < -0.4 is 11.5 Å². The Kier molecular flexibility index (Phi) is 4.54. The van der Waals surface area contributed by atoms with Crippen LogP contribution in [0.4, 0.5) is 38.1 Å². The van der Waals surface area contributed by atoms with E-state index in [9.17, 15) is 26.3 Å². The number of hydrogen-bond donors (Lipinski definition) is 2. The van der Waals surface area contributed by atoms with Crippen LogP contribution in [0.3, 0.4) is 0 Å². The normalized spacial score (nSPS) is 12.4. The monoisotopic (exact) mass is 351 g/mol. The fourth-order valence-electron chi connectivity index (χ4n) is 2.04. The van der Waals surface area contributed by atoms with Gasteiger partial charge in [0, 0.05) is 0 Å². The summed E-state index contributed by atoms with van der Waals surface area (Å²) in [6, 6.07) is 1.86. The molecule has 130 valence electrons. The van der Waals surface area contributed by atoms with E-state index < -0.39 is 23.5 Å². The van der Waals surface area contributed by atoms with Gasteiger partial charge in [0.25, 0.3) is 0 Å². The number of halogens is 6. The summed E-state index contributed by atoms with van der Waals surface area (Å²) in [5, 5.41) is 7.12. The van der Waals surface area contributed by atoms with Crippen LogP contribution in [0.15, 0.2) is 18.2 Å². The molecule has 0 unspecified atom stereocenters. The lowest BCUT2D eigenvalue weighted by atomic mass is 9.99. The van der Waals surface area contributed by atoms with Gasteiger partial charge in [0.1, 0.15) is 5.69 Å². The van der Waals surface area contributed by atoms with Crippen LogP contribution in [0.2, 0.25) is 0 Å². The average molecular weight is 351 g/mol. The highest BCUT2D eigenvalue weighted by Gasteiger charge is 2.42. The Morgan fingerprint density at radius 2 is 1.46 bits per heavy atom. The number of benzene rings is 1. The molecule has 0 fully saturated rings. The van der Waals surface area contributed by atoms with Crippen molar-refractivity contribution in [3.8, 4) is 0 Å². The zero-order valence-corrected chi connectivity index (χ0v) is 11.9.